The van der Waals surface area contributed by atoms with Gasteiger partial charge in [-0.15, -0.1) is 0 Å². The summed E-state index contributed by atoms with van der Waals surface area (Å²) in [4.78, 5) is 3.91. The quantitative estimate of drug-likeness (QED) is 0.862. The molecule has 5 nitrogen and oxygen atoms in total. The molecule has 2 atom stereocenters. The van der Waals surface area contributed by atoms with Crippen molar-refractivity contribution in [2.75, 3.05) is 18.8 Å². The maximum atomic E-state index is 12.2. The average Bonchev–Trinajstić information content (AvgIpc) is 2.88. The molecule has 1 aliphatic rings. The highest BCUT2D eigenvalue weighted by atomic mass is 32.2. The lowest BCUT2D eigenvalue weighted by molar-refractivity contribution is 0.133. The molecule has 1 saturated heterocycles. The summed E-state index contributed by atoms with van der Waals surface area (Å²) in [6.07, 6.45) is 4.13. The molecule has 1 N–H and O–H groups in total. The second kappa shape index (κ2) is 5.98. The third-order valence-corrected chi connectivity index (χ3v) is 5.50. The first-order chi connectivity index (χ1) is 8.99. The van der Waals surface area contributed by atoms with Crippen molar-refractivity contribution < 1.29 is 13.5 Å². The van der Waals surface area contributed by atoms with Crippen molar-refractivity contribution in [1.82, 2.24) is 9.29 Å². The number of pyridine rings is 1. The molecule has 6 heteroatoms. The van der Waals surface area contributed by atoms with E-state index in [-0.39, 0.29) is 11.7 Å². The number of sulfonamides is 1. The second-order valence-electron chi connectivity index (χ2n) is 5.07. The molecular weight excluding hydrogens is 264 g/mol. The van der Waals surface area contributed by atoms with Crippen LogP contribution in [0, 0.1) is 5.92 Å². The minimum Gasteiger partial charge on any atom is -0.393 e. The fourth-order valence-corrected chi connectivity index (χ4v) is 3.88. The van der Waals surface area contributed by atoms with E-state index in [0.29, 0.717) is 19.5 Å². The van der Waals surface area contributed by atoms with E-state index in [1.54, 1.807) is 19.3 Å². The molecule has 2 heterocycles. The SMILES string of the molecule is CC(O)C1CCN(S(=O)(=O)CCc2ccncc2)C1. The van der Waals surface area contributed by atoms with Gasteiger partial charge in [-0.2, -0.15) is 0 Å². The highest BCUT2D eigenvalue weighted by Crippen LogP contribution is 2.22. The maximum Gasteiger partial charge on any atom is 0.214 e. The van der Waals surface area contributed by atoms with Gasteiger partial charge in [-0.05, 0) is 43.4 Å². The molecule has 0 amide bonds. The van der Waals surface area contributed by atoms with Crippen LogP contribution in [-0.2, 0) is 16.4 Å². The third kappa shape index (κ3) is 3.75. The Morgan fingerprint density at radius 2 is 2.16 bits per heavy atom. The lowest BCUT2D eigenvalue weighted by Gasteiger charge is -2.17. The molecule has 106 valence electrons. The number of aromatic nitrogens is 1. The standard InChI is InChI=1S/C13H20N2O3S/c1-11(16)13-4-8-15(10-13)19(17,18)9-5-12-2-6-14-7-3-12/h2-3,6-7,11,13,16H,4-5,8-10H2,1H3. The van der Waals surface area contributed by atoms with Crippen LogP contribution >= 0.6 is 0 Å². The van der Waals surface area contributed by atoms with Crippen LogP contribution in [0.5, 0.6) is 0 Å². The maximum absolute atomic E-state index is 12.2. The molecule has 1 aromatic rings. The molecule has 1 aromatic heterocycles. The average molecular weight is 284 g/mol. The predicted octanol–water partition coefficient (Wildman–Crippen LogP) is 0.657. The van der Waals surface area contributed by atoms with Crippen LogP contribution in [0.2, 0.25) is 0 Å². The smallest absolute Gasteiger partial charge is 0.214 e. The molecule has 0 radical (unpaired) electrons. The summed E-state index contributed by atoms with van der Waals surface area (Å²) in [7, 11) is -3.22. The topological polar surface area (TPSA) is 70.5 Å². The molecule has 2 rings (SSSR count). The van der Waals surface area contributed by atoms with Gasteiger partial charge in [0.2, 0.25) is 10.0 Å². The number of aliphatic hydroxyl groups is 1. The summed E-state index contributed by atoms with van der Waals surface area (Å²) in [6, 6.07) is 3.66. The lowest BCUT2D eigenvalue weighted by Crippen LogP contribution is -2.32. The molecule has 1 fully saturated rings. The molecule has 0 bridgehead atoms. The first-order valence-electron chi connectivity index (χ1n) is 6.54. The highest BCUT2D eigenvalue weighted by Gasteiger charge is 2.32. The Kier molecular flexibility index (Phi) is 4.54. The van der Waals surface area contributed by atoms with Gasteiger partial charge in [0.1, 0.15) is 0 Å². The van der Waals surface area contributed by atoms with Gasteiger partial charge in [0.05, 0.1) is 11.9 Å². The number of hydrogen-bond acceptors (Lipinski definition) is 4. The van der Waals surface area contributed by atoms with Crippen molar-refractivity contribution >= 4 is 10.0 Å². The van der Waals surface area contributed by atoms with Crippen molar-refractivity contribution in [3.63, 3.8) is 0 Å². The van der Waals surface area contributed by atoms with Crippen molar-refractivity contribution in [1.29, 1.82) is 0 Å². The van der Waals surface area contributed by atoms with E-state index in [1.807, 2.05) is 12.1 Å². The Hall–Kier alpha value is -0.980. The van der Waals surface area contributed by atoms with Gasteiger partial charge in [0, 0.05) is 25.5 Å². The van der Waals surface area contributed by atoms with Crippen LogP contribution in [-0.4, -0.2) is 47.8 Å². The van der Waals surface area contributed by atoms with Crippen molar-refractivity contribution in [3.05, 3.63) is 30.1 Å². The number of nitrogens with zero attached hydrogens (tertiary/aromatic N) is 2. The fraction of sp³-hybridized carbons (Fsp3) is 0.615. The molecule has 0 saturated carbocycles. The van der Waals surface area contributed by atoms with Crippen molar-refractivity contribution in [2.24, 2.45) is 5.92 Å². The van der Waals surface area contributed by atoms with E-state index >= 15 is 0 Å². The summed E-state index contributed by atoms with van der Waals surface area (Å²) in [5.74, 6) is 0.180. The number of aryl methyl sites for hydroxylation is 1. The van der Waals surface area contributed by atoms with Crippen LogP contribution in [0.1, 0.15) is 18.9 Å². The second-order valence-corrected chi connectivity index (χ2v) is 7.16. The molecule has 0 aliphatic carbocycles. The van der Waals surface area contributed by atoms with Gasteiger partial charge in [-0.1, -0.05) is 0 Å². The van der Waals surface area contributed by atoms with Crippen LogP contribution in [0.25, 0.3) is 0 Å². The Morgan fingerprint density at radius 3 is 2.74 bits per heavy atom. The molecule has 1 aliphatic heterocycles. The monoisotopic (exact) mass is 284 g/mol. The molecule has 0 spiro atoms. The Bertz CT molecular complexity index is 502. The zero-order valence-electron chi connectivity index (χ0n) is 11.1. The summed E-state index contributed by atoms with van der Waals surface area (Å²) in [5.41, 5.74) is 0.977. The van der Waals surface area contributed by atoms with E-state index in [4.69, 9.17) is 0 Å². The van der Waals surface area contributed by atoms with Crippen molar-refractivity contribution in [2.45, 2.75) is 25.9 Å². The van der Waals surface area contributed by atoms with Crippen LogP contribution in [0.15, 0.2) is 24.5 Å². The first-order valence-corrected chi connectivity index (χ1v) is 8.15. The van der Waals surface area contributed by atoms with Crippen LogP contribution < -0.4 is 0 Å². The van der Waals surface area contributed by atoms with Gasteiger partial charge < -0.3 is 5.11 Å². The van der Waals surface area contributed by atoms with Gasteiger partial charge in [-0.3, -0.25) is 4.98 Å². The Labute approximate surface area is 114 Å². The summed E-state index contributed by atoms with van der Waals surface area (Å²) in [5, 5.41) is 9.52. The lowest BCUT2D eigenvalue weighted by atomic mass is 10.0. The van der Waals surface area contributed by atoms with Crippen LogP contribution in [0.3, 0.4) is 0 Å². The van der Waals surface area contributed by atoms with Gasteiger partial charge >= 0.3 is 0 Å². The Balaban J connectivity index is 1.93. The summed E-state index contributed by atoms with van der Waals surface area (Å²) < 4.78 is 25.9. The fourth-order valence-electron chi connectivity index (χ4n) is 2.33. The first kappa shape index (κ1) is 14.4. The highest BCUT2D eigenvalue weighted by molar-refractivity contribution is 7.89. The minimum atomic E-state index is -3.22. The van der Waals surface area contributed by atoms with Gasteiger partial charge in [0.15, 0.2) is 0 Å². The summed E-state index contributed by atoms with van der Waals surface area (Å²) >= 11 is 0. The van der Waals surface area contributed by atoms with Crippen molar-refractivity contribution in [3.8, 4) is 0 Å². The molecule has 19 heavy (non-hydrogen) atoms. The zero-order valence-corrected chi connectivity index (χ0v) is 11.9. The number of hydrogen-bond donors (Lipinski definition) is 1. The van der Waals surface area contributed by atoms with E-state index in [0.717, 1.165) is 12.0 Å². The minimum absolute atomic E-state index is 0.0655. The van der Waals surface area contributed by atoms with Gasteiger partial charge in [0.25, 0.3) is 0 Å². The molecule has 0 aromatic carbocycles. The van der Waals surface area contributed by atoms with Gasteiger partial charge in [-0.25, -0.2) is 12.7 Å². The normalized spacial score (nSPS) is 22.5. The summed E-state index contributed by atoms with van der Waals surface area (Å²) in [6.45, 7) is 2.68. The number of rotatable bonds is 5. The van der Waals surface area contributed by atoms with Crippen LogP contribution in [0.4, 0.5) is 0 Å². The van der Waals surface area contributed by atoms with E-state index in [9.17, 15) is 13.5 Å². The largest absolute Gasteiger partial charge is 0.393 e. The van der Waals surface area contributed by atoms with E-state index < -0.39 is 16.1 Å². The molecule has 2 unspecified atom stereocenters. The van der Waals surface area contributed by atoms with E-state index in [1.165, 1.54) is 4.31 Å². The number of aliphatic hydroxyl groups excluding tert-OH is 1. The molecular formula is C13H20N2O3S. The van der Waals surface area contributed by atoms with E-state index in [2.05, 4.69) is 4.98 Å². The predicted molar refractivity (Wildman–Crippen MR) is 73.1 cm³/mol. The Morgan fingerprint density at radius 1 is 1.47 bits per heavy atom. The zero-order chi connectivity index (χ0) is 13.9. The third-order valence-electron chi connectivity index (χ3n) is 3.66.